The molecule has 1 aromatic carbocycles. The van der Waals surface area contributed by atoms with Crippen LogP contribution >= 0.6 is 22.7 Å². The van der Waals surface area contributed by atoms with E-state index in [1.165, 1.54) is 15.3 Å². The van der Waals surface area contributed by atoms with Gasteiger partial charge in [-0.05, 0) is 58.6 Å². The van der Waals surface area contributed by atoms with Crippen molar-refractivity contribution in [3.63, 3.8) is 0 Å². The van der Waals surface area contributed by atoms with Crippen molar-refractivity contribution in [3.8, 4) is 11.5 Å². The zero-order valence-electron chi connectivity index (χ0n) is 15.9. The highest BCUT2D eigenvalue weighted by molar-refractivity contribution is 7.10. The average molecular weight is 424 g/mol. The van der Waals surface area contributed by atoms with E-state index in [2.05, 4.69) is 29.0 Å². The van der Waals surface area contributed by atoms with Crippen LogP contribution in [-0.2, 0) is 11.2 Å². The zero-order chi connectivity index (χ0) is 19.6. The Labute approximate surface area is 178 Å². The van der Waals surface area contributed by atoms with Crippen LogP contribution in [0.4, 0.5) is 0 Å². The van der Waals surface area contributed by atoms with Gasteiger partial charge in [-0.2, -0.15) is 0 Å². The molecule has 1 amide bonds. The number of carbonyl (C=O) groups is 1. The third-order valence-corrected chi connectivity index (χ3v) is 7.17. The Bertz CT molecular complexity index is 1040. The molecule has 5 rings (SSSR count). The standard InChI is InChI=1S/C23H21NO3S2/c25-22(7-5-16-4-6-18-19(15-16)27-12-2-11-26-18)24-10-8-20-17(9-14-29-20)23(24)21-3-1-13-28-21/h1,3-7,9,13-15,23H,2,8,10-12H2. The van der Waals surface area contributed by atoms with Gasteiger partial charge in [0.2, 0.25) is 5.91 Å². The summed E-state index contributed by atoms with van der Waals surface area (Å²) < 4.78 is 11.4. The Kier molecular flexibility index (Phi) is 5.12. The second-order valence-corrected chi connectivity index (χ2v) is 9.07. The molecule has 1 unspecified atom stereocenters. The Morgan fingerprint density at radius 2 is 1.97 bits per heavy atom. The highest BCUT2D eigenvalue weighted by Crippen LogP contribution is 2.39. The first kappa shape index (κ1) is 18.5. The van der Waals surface area contributed by atoms with Crippen LogP contribution in [0.25, 0.3) is 6.08 Å². The van der Waals surface area contributed by atoms with Gasteiger partial charge in [0.1, 0.15) is 0 Å². The first-order valence-electron chi connectivity index (χ1n) is 9.77. The van der Waals surface area contributed by atoms with Crippen LogP contribution < -0.4 is 9.47 Å². The van der Waals surface area contributed by atoms with Crippen LogP contribution in [0.1, 0.15) is 33.3 Å². The van der Waals surface area contributed by atoms with Crippen molar-refractivity contribution in [1.29, 1.82) is 0 Å². The van der Waals surface area contributed by atoms with E-state index in [4.69, 9.17) is 9.47 Å². The van der Waals surface area contributed by atoms with Crippen molar-refractivity contribution in [2.75, 3.05) is 19.8 Å². The minimum absolute atomic E-state index is 0.00549. The fourth-order valence-electron chi connectivity index (χ4n) is 3.85. The number of amides is 1. The summed E-state index contributed by atoms with van der Waals surface area (Å²) in [5.41, 5.74) is 2.20. The molecule has 0 saturated carbocycles. The lowest BCUT2D eigenvalue weighted by atomic mass is 9.98. The van der Waals surface area contributed by atoms with Crippen LogP contribution in [0.3, 0.4) is 0 Å². The highest BCUT2D eigenvalue weighted by atomic mass is 32.1. The van der Waals surface area contributed by atoms with Crippen LogP contribution in [0.5, 0.6) is 11.5 Å². The van der Waals surface area contributed by atoms with Gasteiger partial charge in [-0.25, -0.2) is 0 Å². The van der Waals surface area contributed by atoms with Crippen molar-refractivity contribution in [2.24, 2.45) is 0 Å². The number of hydrogen-bond donors (Lipinski definition) is 0. The fraction of sp³-hybridized carbons (Fsp3) is 0.261. The second kappa shape index (κ2) is 8.05. The summed E-state index contributed by atoms with van der Waals surface area (Å²) in [6.07, 6.45) is 5.34. The normalized spacial score (nSPS) is 18.5. The van der Waals surface area contributed by atoms with Gasteiger partial charge in [0.25, 0.3) is 0 Å². The lowest BCUT2D eigenvalue weighted by molar-refractivity contribution is -0.127. The van der Waals surface area contributed by atoms with Gasteiger partial charge in [-0.1, -0.05) is 12.1 Å². The molecule has 0 bridgehead atoms. The van der Waals surface area contributed by atoms with Gasteiger partial charge < -0.3 is 14.4 Å². The summed E-state index contributed by atoms with van der Waals surface area (Å²) >= 11 is 3.49. The molecule has 0 fully saturated rings. The molecule has 148 valence electrons. The van der Waals surface area contributed by atoms with Crippen molar-refractivity contribution < 1.29 is 14.3 Å². The summed E-state index contributed by atoms with van der Waals surface area (Å²) in [5.74, 6) is 1.55. The number of ether oxygens (including phenoxy) is 2. The molecule has 6 heteroatoms. The van der Waals surface area contributed by atoms with Crippen LogP contribution in [-0.4, -0.2) is 30.6 Å². The van der Waals surface area contributed by atoms with E-state index >= 15 is 0 Å². The molecule has 0 spiro atoms. The number of fused-ring (bicyclic) bond motifs is 2. The lowest BCUT2D eigenvalue weighted by Gasteiger charge is -2.34. The van der Waals surface area contributed by atoms with E-state index in [1.54, 1.807) is 28.7 Å². The molecular weight excluding hydrogens is 402 g/mol. The molecule has 3 aromatic rings. The maximum atomic E-state index is 13.1. The number of hydrogen-bond acceptors (Lipinski definition) is 5. The minimum Gasteiger partial charge on any atom is -0.490 e. The van der Waals surface area contributed by atoms with E-state index in [-0.39, 0.29) is 11.9 Å². The summed E-state index contributed by atoms with van der Waals surface area (Å²) in [6, 6.07) is 12.2. The number of rotatable bonds is 3. The van der Waals surface area contributed by atoms with Gasteiger partial charge >= 0.3 is 0 Å². The predicted molar refractivity (Wildman–Crippen MR) is 117 cm³/mol. The second-order valence-electron chi connectivity index (χ2n) is 7.09. The van der Waals surface area contributed by atoms with E-state index < -0.39 is 0 Å². The van der Waals surface area contributed by atoms with Gasteiger partial charge in [-0.3, -0.25) is 4.79 Å². The fourth-order valence-corrected chi connectivity index (χ4v) is 5.61. The van der Waals surface area contributed by atoms with Crippen LogP contribution in [0.15, 0.2) is 53.2 Å². The molecule has 0 saturated heterocycles. The molecule has 29 heavy (non-hydrogen) atoms. The predicted octanol–water partition coefficient (Wildman–Crippen LogP) is 5.16. The van der Waals surface area contributed by atoms with E-state index in [1.807, 2.05) is 29.2 Å². The summed E-state index contributed by atoms with van der Waals surface area (Å²) in [5, 5.41) is 4.21. The van der Waals surface area contributed by atoms with E-state index in [0.29, 0.717) is 13.2 Å². The van der Waals surface area contributed by atoms with Crippen LogP contribution in [0.2, 0.25) is 0 Å². The molecular formula is C23H21NO3S2. The van der Waals surface area contributed by atoms with Crippen molar-refractivity contribution in [2.45, 2.75) is 18.9 Å². The van der Waals surface area contributed by atoms with Crippen LogP contribution in [0, 0.1) is 0 Å². The van der Waals surface area contributed by atoms with Gasteiger partial charge in [0, 0.05) is 28.8 Å². The van der Waals surface area contributed by atoms with Crippen molar-refractivity contribution in [1.82, 2.24) is 4.90 Å². The first-order chi connectivity index (χ1) is 14.3. The Balaban J connectivity index is 1.39. The largest absolute Gasteiger partial charge is 0.490 e. The lowest BCUT2D eigenvalue weighted by Crippen LogP contribution is -2.38. The monoisotopic (exact) mass is 423 g/mol. The molecule has 2 aromatic heterocycles. The number of thiophene rings is 2. The molecule has 2 aliphatic heterocycles. The molecule has 0 radical (unpaired) electrons. The summed E-state index contributed by atoms with van der Waals surface area (Å²) in [6.45, 7) is 2.06. The van der Waals surface area contributed by atoms with E-state index in [9.17, 15) is 4.79 Å². The maximum absolute atomic E-state index is 13.1. The maximum Gasteiger partial charge on any atom is 0.247 e. The topological polar surface area (TPSA) is 38.8 Å². The van der Waals surface area contributed by atoms with Gasteiger partial charge in [-0.15, -0.1) is 22.7 Å². The average Bonchev–Trinajstić information content (AvgIpc) is 3.39. The van der Waals surface area contributed by atoms with Gasteiger partial charge in [0.15, 0.2) is 11.5 Å². The zero-order valence-corrected chi connectivity index (χ0v) is 17.5. The van der Waals surface area contributed by atoms with Crippen molar-refractivity contribution in [3.05, 3.63) is 74.1 Å². The molecule has 1 atom stereocenters. The van der Waals surface area contributed by atoms with Crippen molar-refractivity contribution >= 4 is 34.7 Å². The SMILES string of the molecule is O=C(C=Cc1ccc2c(c1)OCCCO2)N1CCc2sccc2C1c1cccs1. The number of carbonyl (C=O) groups excluding carboxylic acids is 1. The number of nitrogens with zero attached hydrogens (tertiary/aromatic N) is 1. The molecule has 2 aliphatic rings. The Hall–Kier alpha value is -2.57. The Morgan fingerprint density at radius 3 is 2.83 bits per heavy atom. The number of benzene rings is 1. The smallest absolute Gasteiger partial charge is 0.247 e. The molecule has 0 N–H and O–H groups in total. The van der Waals surface area contributed by atoms with E-state index in [0.717, 1.165) is 36.4 Å². The first-order valence-corrected chi connectivity index (χ1v) is 11.5. The summed E-state index contributed by atoms with van der Waals surface area (Å²) in [7, 11) is 0. The molecule has 4 nitrogen and oxygen atoms in total. The van der Waals surface area contributed by atoms with Gasteiger partial charge in [0.05, 0.1) is 19.3 Å². The highest BCUT2D eigenvalue weighted by Gasteiger charge is 2.32. The molecule has 4 heterocycles. The third-order valence-electron chi connectivity index (χ3n) is 5.25. The minimum atomic E-state index is 0.00549. The quantitative estimate of drug-likeness (QED) is 0.546. The third kappa shape index (κ3) is 3.70. The molecule has 0 aliphatic carbocycles. The Morgan fingerprint density at radius 1 is 1.07 bits per heavy atom. The summed E-state index contributed by atoms with van der Waals surface area (Å²) in [4.78, 5) is 17.7.